The number of fused-ring (bicyclic) bond motifs is 1. The van der Waals surface area contributed by atoms with Crippen LogP contribution in [-0.4, -0.2) is 58.6 Å². The fraction of sp³-hybridized carbons (Fsp3) is 0.412. The highest BCUT2D eigenvalue weighted by molar-refractivity contribution is 6.30. The Morgan fingerprint density at radius 2 is 1.88 bits per heavy atom. The van der Waals surface area contributed by atoms with Crippen LogP contribution in [0.25, 0.3) is 11.4 Å². The van der Waals surface area contributed by atoms with Crippen LogP contribution in [0.4, 0.5) is 4.79 Å². The van der Waals surface area contributed by atoms with Crippen molar-refractivity contribution in [1.82, 2.24) is 19.8 Å². The van der Waals surface area contributed by atoms with Crippen molar-refractivity contribution < 1.29 is 9.53 Å². The van der Waals surface area contributed by atoms with Crippen LogP contribution in [0.5, 0.6) is 0 Å². The average Bonchev–Trinajstić information content (AvgIpc) is 3.05. The molecule has 1 aromatic carbocycles. The first kappa shape index (κ1) is 15.5. The van der Waals surface area contributed by atoms with E-state index >= 15 is 0 Å². The number of carbonyl (C=O) groups excluding carboxylic acids is 1. The molecule has 0 aliphatic carbocycles. The van der Waals surface area contributed by atoms with Crippen molar-refractivity contribution in [1.29, 1.82) is 0 Å². The molecule has 4 rings (SSSR count). The fourth-order valence-electron chi connectivity index (χ4n) is 3.16. The third kappa shape index (κ3) is 2.99. The molecule has 24 heavy (non-hydrogen) atoms. The lowest BCUT2D eigenvalue weighted by Crippen LogP contribution is -2.49. The zero-order chi connectivity index (χ0) is 16.5. The van der Waals surface area contributed by atoms with Gasteiger partial charge in [-0.2, -0.15) is 0 Å². The Morgan fingerprint density at radius 1 is 1.12 bits per heavy atom. The summed E-state index contributed by atoms with van der Waals surface area (Å²) in [7, 11) is 0. The molecular formula is C17H19ClN4O2. The lowest BCUT2D eigenvalue weighted by atomic mass is 10.1. The molecule has 0 radical (unpaired) electrons. The highest BCUT2D eigenvalue weighted by atomic mass is 35.5. The van der Waals surface area contributed by atoms with Gasteiger partial charge in [0.05, 0.1) is 31.1 Å². The van der Waals surface area contributed by atoms with Crippen molar-refractivity contribution in [3.63, 3.8) is 0 Å². The van der Waals surface area contributed by atoms with Gasteiger partial charge in [-0.15, -0.1) is 0 Å². The van der Waals surface area contributed by atoms with E-state index in [2.05, 4.69) is 9.97 Å². The summed E-state index contributed by atoms with van der Waals surface area (Å²) >= 11 is 5.94. The second kappa shape index (κ2) is 6.45. The average molecular weight is 347 g/mol. The number of amides is 2. The van der Waals surface area contributed by atoms with Crippen LogP contribution in [0.2, 0.25) is 5.02 Å². The number of urea groups is 1. The monoisotopic (exact) mass is 346 g/mol. The first-order valence-corrected chi connectivity index (χ1v) is 8.54. The van der Waals surface area contributed by atoms with Gasteiger partial charge in [0.15, 0.2) is 0 Å². The van der Waals surface area contributed by atoms with Crippen molar-refractivity contribution in [3.05, 3.63) is 40.7 Å². The van der Waals surface area contributed by atoms with Crippen LogP contribution in [0.3, 0.4) is 0 Å². The van der Waals surface area contributed by atoms with Crippen LogP contribution in [0.15, 0.2) is 24.3 Å². The largest absolute Gasteiger partial charge is 0.378 e. The van der Waals surface area contributed by atoms with Crippen LogP contribution in [0.1, 0.15) is 11.4 Å². The second-order valence-electron chi connectivity index (χ2n) is 6.07. The molecule has 1 fully saturated rings. The van der Waals surface area contributed by atoms with E-state index in [4.69, 9.17) is 16.3 Å². The summed E-state index contributed by atoms with van der Waals surface area (Å²) in [6.07, 6.45) is 0.773. The topological polar surface area (TPSA) is 61.5 Å². The van der Waals surface area contributed by atoms with Crippen LogP contribution < -0.4 is 0 Å². The van der Waals surface area contributed by atoms with Gasteiger partial charge < -0.3 is 19.5 Å². The zero-order valence-corrected chi connectivity index (χ0v) is 14.1. The number of aromatic nitrogens is 2. The molecule has 1 N–H and O–H groups in total. The molecule has 0 bridgehead atoms. The lowest BCUT2D eigenvalue weighted by Gasteiger charge is -2.34. The lowest BCUT2D eigenvalue weighted by molar-refractivity contribution is 0.0420. The van der Waals surface area contributed by atoms with Crippen molar-refractivity contribution in [2.45, 2.75) is 13.0 Å². The quantitative estimate of drug-likeness (QED) is 0.863. The van der Waals surface area contributed by atoms with Gasteiger partial charge in [-0.05, 0) is 24.3 Å². The molecule has 2 amide bonds. The number of imidazole rings is 1. The molecule has 7 heteroatoms. The van der Waals surface area contributed by atoms with Gasteiger partial charge in [0.25, 0.3) is 0 Å². The van der Waals surface area contributed by atoms with Gasteiger partial charge in [-0.1, -0.05) is 11.6 Å². The SMILES string of the molecule is O=C(N1CCOCC1)N1CCc2nc(-c3ccc(Cl)cc3)[nH]c2C1. The van der Waals surface area contributed by atoms with Crippen LogP contribution >= 0.6 is 11.6 Å². The Morgan fingerprint density at radius 3 is 2.62 bits per heavy atom. The van der Waals surface area contributed by atoms with Gasteiger partial charge in [0.2, 0.25) is 0 Å². The minimum Gasteiger partial charge on any atom is -0.378 e. The molecule has 1 aromatic heterocycles. The molecule has 0 atom stereocenters. The number of morpholine rings is 1. The standard InChI is InChI=1S/C17H19ClN4O2/c18-13-3-1-12(2-4-13)16-19-14-5-6-22(11-15(14)20-16)17(23)21-7-9-24-10-8-21/h1-4H,5-11H2,(H,19,20). The van der Waals surface area contributed by atoms with Crippen LogP contribution in [-0.2, 0) is 17.7 Å². The first-order valence-electron chi connectivity index (χ1n) is 8.16. The highest BCUT2D eigenvalue weighted by Gasteiger charge is 2.28. The molecular weight excluding hydrogens is 328 g/mol. The summed E-state index contributed by atoms with van der Waals surface area (Å²) in [6.45, 7) is 3.85. The van der Waals surface area contributed by atoms with Gasteiger partial charge in [0, 0.05) is 36.6 Å². The van der Waals surface area contributed by atoms with Gasteiger partial charge in [0.1, 0.15) is 5.82 Å². The number of carbonyl (C=O) groups is 1. The maximum Gasteiger partial charge on any atom is 0.320 e. The van der Waals surface area contributed by atoms with E-state index in [1.807, 2.05) is 34.1 Å². The Balaban J connectivity index is 1.50. The molecule has 0 spiro atoms. The van der Waals surface area contributed by atoms with Crippen molar-refractivity contribution in [2.24, 2.45) is 0 Å². The van der Waals surface area contributed by atoms with Crippen molar-refractivity contribution in [2.75, 3.05) is 32.8 Å². The summed E-state index contributed by atoms with van der Waals surface area (Å²) in [5.41, 5.74) is 3.07. The van der Waals surface area contributed by atoms with E-state index in [1.165, 1.54) is 0 Å². The summed E-state index contributed by atoms with van der Waals surface area (Å²) < 4.78 is 5.32. The van der Waals surface area contributed by atoms with E-state index < -0.39 is 0 Å². The predicted molar refractivity (Wildman–Crippen MR) is 90.9 cm³/mol. The van der Waals surface area contributed by atoms with E-state index in [0.717, 1.165) is 29.2 Å². The molecule has 126 valence electrons. The number of benzene rings is 1. The summed E-state index contributed by atoms with van der Waals surface area (Å²) in [5, 5.41) is 0.706. The normalized spacial score (nSPS) is 17.7. The van der Waals surface area contributed by atoms with Crippen molar-refractivity contribution >= 4 is 17.6 Å². The summed E-state index contributed by atoms with van der Waals surface area (Å²) in [4.78, 5) is 24.4. The van der Waals surface area contributed by atoms with Gasteiger partial charge in [-0.3, -0.25) is 0 Å². The predicted octanol–water partition coefficient (Wildman–Crippen LogP) is 2.54. The summed E-state index contributed by atoms with van der Waals surface area (Å²) in [5.74, 6) is 0.831. The number of hydrogen-bond acceptors (Lipinski definition) is 3. The maximum absolute atomic E-state index is 12.6. The number of aromatic amines is 1. The number of nitrogens with zero attached hydrogens (tertiary/aromatic N) is 3. The van der Waals surface area contributed by atoms with E-state index in [1.54, 1.807) is 0 Å². The second-order valence-corrected chi connectivity index (χ2v) is 6.51. The van der Waals surface area contributed by atoms with Gasteiger partial charge >= 0.3 is 6.03 Å². The van der Waals surface area contributed by atoms with E-state index in [-0.39, 0.29) is 6.03 Å². The number of H-pyrrole nitrogens is 1. The minimum absolute atomic E-state index is 0.0894. The van der Waals surface area contributed by atoms with Crippen LogP contribution in [0, 0.1) is 0 Å². The maximum atomic E-state index is 12.6. The number of rotatable bonds is 1. The van der Waals surface area contributed by atoms with E-state index in [0.29, 0.717) is 44.4 Å². The molecule has 3 heterocycles. The smallest absolute Gasteiger partial charge is 0.320 e. The minimum atomic E-state index is 0.0894. The number of halogens is 1. The Kier molecular flexibility index (Phi) is 4.16. The van der Waals surface area contributed by atoms with Gasteiger partial charge in [-0.25, -0.2) is 9.78 Å². The molecule has 6 nitrogen and oxygen atoms in total. The Bertz CT molecular complexity index is 738. The molecule has 2 aromatic rings. The molecule has 1 saturated heterocycles. The third-order valence-corrected chi connectivity index (χ3v) is 4.75. The zero-order valence-electron chi connectivity index (χ0n) is 13.3. The van der Waals surface area contributed by atoms with E-state index in [9.17, 15) is 4.79 Å². The number of nitrogens with one attached hydrogen (secondary N) is 1. The molecule has 0 unspecified atom stereocenters. The first-order chi connectivity index (χ1) is 11.7. The molecule has 0 saturated carbocycles. The van der Waals surface area contributed by atoms with Crippen molar-refractivity contribution in [3.8, 4) is 11.4 Å². The number of ether oxygens (including phenoxy) is 1. The molecule has 2 aliphatic heterocycles. The fourth-order valence-corrected chi connectivity index (χ4v) is 3.28. The third-order valence-electron chi connectivity index (χ3n) is 4.50. The molecule has 2 aliphatic rings. The number of hydrogen-bond donors (Lipinski definition) is 1. The Labute approximate surface area is 145 Å². The Hall–Kier alpha value is -2.05. The highest BCUT2D eigenvalue weighted by Crippen LogP contribution is 2.24. The summed E-state index contributed by atoms with van der Waals surface area (Å²) in [6, 6.07) is 7.69.